The molecular formula is C22H21N3O2. The van der Waals surface area contributed by atoms with Gasteiger partial charge in [-0.05, 0) is 42.5 Å². The van der Waals surface area contributed by atoms with Gasteiger partial charge in [-0.1, -0.05) is 35.5 Å². The van der Waals surface area contributed by atoms with Gasteiger partial charge in [0.2, 0.25) is 0 Å². The van der Waals surface area contributed by atoms with Gasteiger partial charge < -0.3 is 9.40 Å². The highest BCUT2D eigenvalue weighted by molar-refractivity contribution is 6.13. The van der Waals surface area contributed by atoms with E-state index in [4.69, 9.17) is 11.4 Å². The molecule has 0 saturated carbocycles. The number of hydrogen-bond donors (Lipinski definition) is 0. The Labute approximate surface area is 158 Å². The largest absolute Gasteiger partial charge is 0.347 e. The van der Waals surface area contributed by atoms with Crippen LogP contribution in [0.15, 0.2) is 47.6 Å². The predicted molar refractivity (Wildman–Crippen MR) is 107 cm³/mol. The molecule has 0 spiro atoms. The highest BCUT2D eigenvalue weighted by atomic mass is 16.7. The lowest BCUT2D eigenvalue weighted by atomic mass is 9.97. The second kappa shape index (κ2) is 7.46. The molecular weight excluding hydrogens is 338 g/mol. The number of rotatable bonds is 4. The van der Waals surface area contributed by atoms with E-state index in [0.717, 1.165) is 33.3 Å². The molecule has 2 aromatic carbocycles. The summed E-state index contributed by atoms with van der Waals surface area (Å²) in [6, 6.07) is 13.7. The summed E-state index contributed by atoms with van der Waals surface area (Å²) in [6.45, 7) is 12.7. The van der Waals surface area contributed by atoms with Crippen molar-refractivity contribution < 1.29 is 9.63 Å². The summed E-state index contributed by atoms with van der Waals surface area (Å²) in [4.78, 5) is 19.9. The van der Waals surface area contributed by atoms with E-state index in [0.29, 0.717) is 17.8 Å². The minimum Gasteiger partial charge on any atom is -0.347 e. The Morgan fingerprint density at radius 3 is 2.63 bits per heavy atom. The number of carbonyl (C=O) groups excluding carboxylic acids is 1. The number of aromatic nitrogens is 1. The number of hydrogen-bond acceptors (Lipinski definition) is 3. The second-order valence-corrected chi connectivity index (χ2v) is 6.56. The first-order valence-electron chi connectivity index (χ1n) is 8.68. The van der Waals surface area contributed by atoms with Gasteiger partial charge in [0, 0.05) is 37.2 Å². The maximum absolute atomic E-state index is 11.4. The van der Waals surface area contributed by atoms with Crippen LogP contribution in [0.25, 0.3) is 15.7 Å². The summed E-state index contributed by atoms with van der Waals surface area (Å²) in [5, 5.41) is 5.12. The summed E-state index contributed by atoms with van der Waals surface area (Å²) in [5.74, 6) is -0.461. The molecule has 0 aliphatic heterocycles. The Morgan fingerprint density at radius 2 is 1.96 bits per heavy atom. The van der Waals surface area contributed by atoms with Gasteiger partial charge in [-0.2, -0.15) is 0 Å². The summed E-state index contributed by atoms with van der Waals surface area (Å²) in [7, 11) is 1.98. The standard InChI is InChI=1S/C22H21N3O2/c1-14-8-6-7-9-17(14)12-20(24-27-16(3)26)22-15(2)25(5)21-11-10-18(23-4)13-19(21)22/h6-11,13H,12H2,1-3,5H3/b24-20+. The minimum atomic E-state index is -0.461. The van der Waals surface area contributed by atoms with Crippen LogP contribution in [0.4, 0.5) is 5.69 Å². The Hall–Kier alpha value is -3.39. The van der Waals surface area contributed by atoms with Gasteiger partial charge in [0.1, 0.15) is 0 Å². The maximum Gasteiger partial charge on any atom is 0.331 e. The van der Waals surface area contributed by atoms with Crippen LogP contribution < -0.4 is 0 Å². The van der Waals surface area contributed by atoms with Crippen molar-refractivity contribution in [3.8, 4) is 0 Å². The Balaban J connectivity index is 2.22. The lowest BCUT2D eigenvalue weighted by molar-refractivity contribution is -0.140. The van der Waals surface area contributed by atoms with Crippen molar-refractivity contribution in [2.24, 2.45) is 12.2 Å². The monoisotopic (exact) mass is 359 g/mol. The van der Waals surface area contributed by atoms with Crippen LogP contribution in [0, 0.1) is 20.4 Å². The molecule has 0 aliphatic rings. The van der Waals surface area contributed by atoms with Crippen LogP contribution in [0.5, 0.6) is 0 Å². The first-order valence-corrected chi connectivity index (χ1v) is 8.68. The van der Waals surface area contributed by atoms with E-state index in [1.54, 1.807) is 0 Å². The average Bonchev–Trinajstić information content (AvgIpc) is 2.90. The molecule has 5 heteroatoms. The van der Waals surface area contributed by atoms with Crippen LogP contribution in [0.3, 0.4) is 0 Å². The third-order valence-corrected chi connectivity index (χ3v) is 4.80. The van der Waals surface area contributed by atoms with Crippen molar-refractivity contribution in [3.63, 3.8) is 0 Å². The molecule has 0 fully saturated rings. The number of oxime groups is 1. The van der Waals surface area contributed by atoms with Gasteiger partial charge in [-0.3, -0.25) is 0 Å². The summed E-state index contributed by atoms with van der Waals surface area (Å²) >= 11 is 0. The molecule has 136 valence electrons. The van der Waals surface area contributed by atoms with Crippen molar-refractivity contribution in [2.75, 3.05) is 0 Å². The van der Waals surface area contributed by atoms with Gasteiger partial charge in [0.15, 0.2) is 5.69 Å². The van der Waals surface area contributed by atoms with E-state index in [1.807, 2.05) is 63.4 Å². The van der Waals surface area contributed by atoms with Crippen LogP contribution >= 0.6 is 0 Å². The van der Waals surface area contributed by atoms with E-state index >= 15 is 0 Å². The third-order valence-electron chi connectivity index (χ3n) is 4.80. The highest BCUT2D eigenvalue weighted by Gasteiger charge is 2.19. The van der Waals surface area contributed by atoms with E-state index < -0.39 is 5.97 Å². The molecule has 0 atom stereocenters. The van der Waals surface area contributed by atoms with Gasteiger partial charge in [-0.15, -0.1) is 0 Å². The maximum atomic E-state index is 11.4. The fraction of sp³-hybridized carbons (Fsp3) is 0.227. The number of nitrogens with zero attached hydrogens (tertiary/aromatic N) is 3. The zero-order valence-electron chi connectivity index (χ0n) is 15.9. The van der Waals surface area contributed by atoms with Crippen LogP contribution in [0.2, 0.25) is 0 Å². The molecule has 1 aromatic heterocycles. The van der Waals surface area contributed by atoms with Gasteiger partial charge in [0.05, 0.1) is 12.3 Å². The molecule has 0 unspecified atom stereocenters. The fourth-order valence-electron chi connectivity index (χ4n) is 3.27. The van der Waals surface area contributed by atoms with E-state index in [-0.39, 0.29) is 0 Å². The molecule has 3 aromatic rings. The fourth-order valence-corrected chi connectivity index (χ4v) is 3.27. The normalized spacial score (nSPS) is 11.4. The summed E-state index contributed by atoms with van der Waals surface area (Å²) in [5.41, 5.74) is 6.42. The zero-order valence-corrected chi connectivity index (χ0v) is 15.9. The molecule has 0 N–H and O–H groups in total. The molecule has 1 heterocycles. The predicted octanol–water partition coefficient (Wildman–Crippen LogP) is 4.86. The molecule has 0 radical (unpaired) electrons. The van der Waals surface area contributed by atoms with Crippen molar-refractivity contribution in [3.05, 3.63) is 76.3 Å². The Morgan fingerprint density at radius 1 is 1.22 bits per heavy atom. The molecule has 0 amide bonds. The van der Waals surface area contributed by atoms with E-state index in [9.17, 15) is 4.79 Å². The SMILES string of the molecule is [C-]#[N+]c1ccc2c(c1)c(/C(Cc1ccccc1C)=N/OC(C)=O)c(C)n2C. The molecule has 0 bridgehead atoms. The van der Waals surface area contributed by atoms with Crippen molar-refractivity contribution in [2.45, 2.75) is 27.2 Å². The quantitative estimate of drug-likeness (QED) is 0.289. The molecule has 0 saturated heterocycles. The lowest BCUT2D eigenvalue weighted by Gasteiger charge is -2.10. The van der Waals surface area contributed by atoms with Gasteiger partial charge in [-0.25, -0.2) is 9.64 Å². The number of benzene rings is 2. The number of carbonyl (C=O) groups is 1. The van der Waals surface area contributed by atoms with Crippen LogP contribution in [-0.2, 0) is 23.1 Å². The molecule has 0 aliphatic carbocycles. The van der Waals surface area contributed by atoms with Crippen LogP contribution in [-0.4, -0.2) is 16.2 Å². The van der Waals surface area contributed by atoms with Gasteiger partial charge in [0.25, 0.3) is 0 Å². The van der Waals surface area contributed by atoms with E-state index in [1.165, 1.54) is 6.92 Å². The molecule has 27 heavy (non-hydrogen) atoms. The highest BCUT2D eigenvalue weighted by Crippen LogP contribution is 2.30. The molecule has 5 nitrogen and oxygen atoms in total. The van der Waals surface area contributed by atoms with Crippen molar-refractivity contribution in [1.82, 2.24) is 4.57 Å². The second-order valence-electron chi connectivity index (χ2n) is 6.56. The smallest absolute Gasteiger partial charge is 0.331 e. The first-order chi connectivity index (χ1) is 12.9. The van der Waals surface area contributed by atoms with Gasteiger partial charge >= 0.3 is 5.97 Å². The number of aryl methyl sites for hydroxylation is 2. The Kier molecular flexibility index (Phi) is 5.09. The average molecular weight is 359 g/mol. The zero-order chi connectivity index (χ0) is 19.6. The van der Waals surface area contributed by atoms with Crippen molar-refractivity contribution >= 4 is 28.3 Å². The number of fused-ring (bicyclic) bond motifs is 1. The first kappa shape index (κ1) is 18.4. The lowest BCUT2D eigenvalue weighted by Crippen LogP contribution is -2.10. The van der Waals surface area contributed by atoms with E-state index in [2.05, 4.69) is 14.6 Å². The van der Waals surface area contributed by atoms with Crippen molar-refractivity contribution in [1.29, 1.82) is 0 Å². The summed E-state index contributed by atoms with van der Waals surface area (Å²) < 4.78 is 2.07. The third kappa shape index (κ3) is 3.61. The molecule has 3 rings (SSSR count). The summed E-state index contributed by atoms with van der Waals surface area (Å²) in [6.07, 6.45) is 0.530. The Bertz CT molecular complexity index is 1100. The van der Waals surface area contributed by atoms with Crippen LogP contribution in [0.1, 0.15) is 29.3 Å². The minimum absolute atomic E-state index is 0.461. The topological polar surface area (TPSA) is 47.9 Å².